The molecule has 0 bridgehead atoms. The number of hydrogen-bond acceptors (Lipinski definition) is 2. The number of nitrogens with one attached hydrogen (secondary N) is 1. The average molecular weight is 234 g/mol. The van der Waals surface area contributed by atoms with E-state index in [0.29, 0.717) is 26.3 Å². The Morgan fingerprint density at radius 1 is 1.47 bits per heavy atom. The fourth-order valence-corrected chi connectivity index (χ4v) is 1.90. The van der Waals surface area contributed by atoms with Crippen LogP contribution in [-0.4, -0.2) is 36.7 Å². The predicted octanol–water partition coefficient (Wildman–Crippen LogP) is 1.62. The third-order valence-electron chi connectivity index (χ3n) is 2.92. The second-order valence-electron chi connectivity index (χ2n) is 4.26. The maximum Gasteiger partial charge on any atom is 0.318 e. The Kier molecular flexibility index (Phi) is 3.98. The normalized spacial score (nSPS) is 20.1. The first kappa shape index (κ1) is 11.9. The Bertz CT molecular complexity index is 367. The molecule has 0 spiro atoms. The molecule has 17 heavy (non-hydrogen) atoms. The molecule has 1 aromatic rings. The zero-order valence-corrected chi connectivity index (χ0v) is 10.1. The summed E-state index contributed by atoms with van der Waals surface area (Å²) in [7, 11) is 0. The highest BCUT2D eigenvalue weighted by molar-refractivity contribution is 5.74. The van der Waals surface area contributed by atoms with E-state index < -0.39 is 0 Å². The van der Waals surface area contributed by atoms with Gasteiger partial charge in [-0.25, -0.2) is 4.79 Å². The van der Waals surface area contributed by atoms with E-state index in [2.05, 4.69) is 5.32 Å². The molecule has 0 aromatic heterocycles. The number of carbonyl (C=O) groups excluding carboxylic acids is 1. The highest BCUT2D eigenvalue weighted by atomic mass is 16.5. The Morgan fingerprint density at radius 2 is 2.24 bits per heavy atom. The lowest BCUT2D eigenvalue weighted by Gasteiger charge is -2.33. The number of amides is 2. The highest BCUT2D eigenvalue weighted by Crippen LogP contribution is 2.06. The Balaban J connectivity index is 1.84. The number of nitrogens with zero attached hydrogens (tertiary/aromatic N) is 1. The summed E-state index contributed by atoms with van der Waals surface area (Å²) in [4.78, 5) is 13.8. The number of benzene rings is 1. The second kappa shape index (κ2) is 5.68. The Morgan fingerprint density at radius 3 is 2.94 bits per heavy atom. The van der Waals surface area contributed by atoms with Gasteiger partial charge in [0.2, 0.25) is 0 Å². The highest BCUT2D eigenvalue weighted by Gasteiger charge is 2.23. The van der Waals surface area contributed by atoms with Crippen molar-refractivity contribution in [3.8, 4) is 0 Å². The molecular weight excluding hydrogens is 216 g/mol. The van der Waals surface area contributed by atoms with E-state index in [-0.39, 0.29) is 12.1 Å². The van der Waals surface area contributed by atoms with Gasteiger partial charge in [-0.05, 0) is 12.5 Å². The lowest BCUT2D eigenvalue weighted by molar-refractivity contribution is 0.0190. The van der Waals surface area contributed by atoms with Crippen molar-refractivity contribution >= 4 is 6.03 Å². The molecule has 0 unspecified atom stereocenters. The van der Waals surface area contributed by atoms with Gasteiger partial charge in [0.15, 0.2) is 0 Å². The number of ether oxygens (including phenoxy) is 1. The summed E-state index contributed by atoms with van der Waals surface area (Å²) in [6.07, 6.45) is 0. The van der Waals surface area contributed by atoms with Crippen LogP contribution in [-0.2, 0) is 11.3 Å². The van der Waals surface area contributed by atoms with Gasteiger partial charge >= 0.3 is 6.03 Å². The van der Waals surface area contributed by atoms with Gasteiger partial charge in [0.1, 0.15) is 0 Å². The molecule has 92 valence electrons. The molecule has 2 amide bonds. The monoisotopic (exact) mass is 234 g/mol. The summed E-state index contributed by atoms with van der Waals surface area (Å²) < 4.78 is 5.30. The van der Waals surface area contributed by atoms with Crippen molar-refractivity contribution in [2.75, 3.05) is 19.8 Å². The molecular formula is C13H18N2O2. The maximum atomic E-state index is 11.9. The Hall–Kier alpha value is -1.55. The van der Waals surface area contributed by atoms with E-state index in [1.54, 1.807) is 0 Å². The topological polar surface area (TPSA) is 41.6 Å². The zero-order valence-electron chi connectivity index (χ0n) is 10.1. The second-order valence-corrected chi connectivity index (χ2v) is 4.26. The molecule has 2 rings (SSSR count). The van der Waals surface area contributed by atoms with Crippen LogP contribution in [0.4, 0.5) is 4.79 Å². The lowest BCUT2D eigenvalue weighted by Crippen LogP contribution is -2.51. The first-order chi connectivity index (χ1) is 8.27. The first-order valence-corrected chi connectivity index (χ1v) is 5.93. The number of hydrogen-bond donors (Lipinski definition) is 1. The van der Waals surface area contributed by atoms with Crippen LogP contribution in [0.5, 0.6) is 0 Å². The van der Waals surface area contributed by atoms with Gasteiger partial charge in [-0.15, -0.1) is 0 Å². The summed E-state index contributed by atoms with van der Waals surface area (Å²) in [5.74, 6) is 0. The molecule has 0 aliphatic carbocycles. The van der Waals surface area contributed by atoms with Gasteiger partial charge in [0, 0.05) is 13.1 Å². The Labute approximate surface area is 102 Å². The van der Waals surface area contributed by atoms with Crippen molar-refractivity contribution in [2.45, 2.75) is 19.5 Å². The summed E-state index contributed by atoms with van der Waals surface area (Å²) in [6, 6.07) is 10.1. The standard InChI is InChI=1S/C13H18N2O2/c1-11-10-17-8-7-15(11)13(16)14-9-12-5-3-2-4-6-12/h2-6,11H,7-10H2,1H3,(H,14,16)/t11-/m1/s1. The number of rotatable bonds is 2. The van der Waals surface area contributed by atoms with E-state index in [4.69, 9.17) is 4.74 Å². The van der Waals surface area contributed by atoms with Crippen LogP contribution in [0.1, 0.15) is 12.5 Å². The minimum absolute atomic E-state index is 0.00958. The molecule has 0 radical (unpaired) electrons. The van der Waals surface area contributed by atoms with Crippen molar-refractivity contribution in [3.05, 3.63) is 35.9 Å². The summed E-state index contributed by atoms with van der Waals surface area (Å²) >= 11 is 0. The minimum atomic E-state index is -0.00958. The smallest absolute Gasteiger partial charge is 0.318 e. The third kappa shape index (κ3) is 3.20. The third-order valence-corrected chi connectivity index (χ3v) is 2.92. The lowest BCUT2D eigenvalue weighted by atomic mass is 10.2. The van der Waals surface area contributed by atoms with Crippen molar-refractivity contribution in [3.63, 3.8) is 0 Å². The summed E-state index contributed by atoms with van der Waals surface area (Å²) in [5, 5.41) is 2.93. The summed E-state index contributed by atoms with van der Waals surface area (Å²) in [6.45, 7) is 4.49. The molecule has 1 N–H and O–H groups in total. The van der Waals surface area contributed by atoms with Gasteiger partial charge in [0.25, 0.3) is 0 Å². The fourth-order valence-electron chi connectivity index (χ4n) is 1.90. The van der Waals surface area contributed by atoms with Crippen LogP contribution in [0.3, 0.4) is 0 Å². The van der Waals surface area contributed by atoms with Gasteiger partial charge in [0.05, 0.1) is 19.3 Å². The van der Waals surface area contributed by atoms with Gasteiger partial charge < -0.3 is 15.0 Å². The molecule has 0 saturated carbocycles. The van der Waals surface area contributed by atoms with Crippen molar-refractivity contribution < 1.29 is 9.53 Å². The summed E-state index contributed by atoms with van der Waals surface area (Å²) in [5.41, 5.74) is 1.11. The molecule has 1 fully saturated rings. The largest absolute Gasteiger partial charge is 0.377 e. The van der Waals surface area contributed by atoms with Gasteiger partial charge in [-0.1, -0.05) is 30.3 Å². The molecule has 1 saturated heterocycles. The molecule has 1 aromatic carbocycles. The zero-order chi connectivity index (χ0) is 12.1. The van der Waals surface area contributed by atoms with Crippen LogP contribution in [0.15, 0.2) is 30.3 Å². The SMILES string of the molecule is C[C@@H]1COCCN1C(=O)NCc1ccccc1. The van der Waals surface area contributed by atoms with Crippen LogP contribution in [0, 0.1) is 0 Å². The molecule has 4 heteroatoms. The number of urea groups is 1. The van der Waals surface area contributed by atoms with Crippen LogP contribution >= 0.6 is 0 Å². The van der Waals surface area contributed by atoms with E-state index in [0.717, 1.165) is 5.56 Å². The van der Waals surface area contributed by atoms with Crippen molar-refractivity contribution in [1.29, 1.82) is 0 Å². The van der Waals surface area contributed by atoms with Gasteiger partial charge in [-0.2, -0.15) is 0 Å². The molecule has 1 atom stereocenters. The van der Waals surface area contributed by atoms with Crippen molar-refractivity contribution in [2.24, 2.45) is 0 Å². The average Bonchev–Trinajstić information content (AvgIpc) is 2.38. The van der Waals surface area contributed by atoms with E-state index in [1.165, 1.54) is 0 Å². The van der Waals surface area contributed by atoms with Gasteiger partial charge in [-0.3, -0.25) is 0 Å². The minimum Gasteiger partial charge on any atom is -0.377 e. The van der Waals surface area contributed by atoms with Crippen LogP contribution < -0.4 is 5.32 Å². The quantitative estimate of drug-likeness (QED) is 0.844. The predicted molar refractivity (Wildman–Crippen MR) is 65.7 cm³/mol. The molecule has 1 heterocycles. The molecule has 4 nitrogen and oxygen atoms in total. The van der Waals surface area contributed by atoms with E-state index in [1.807, 2.05) is 42.2 Å². The fraction of sp³-hybridized carbons (Fsp3) is 0.462. The maximum absolute atomic E-state index is 11.9. The van der Waals surface area contributed by atoms with Crippen LogP contribution in [0.25, 0.3) is 0 Å². The van der Waals surface area contributed by atoms with E-state index in [9.17, 15) is 4.79 Å². The van der Waals surface area contributed by atoms with E-state index >= 15 is 0 Å². The first-order valence-electron chi connectivity index (χ1n) is 5.93. The van der Waals surface area contributed by atoms with Crippen molar-refractivity contribution in [1.82, 2.24) is 10.2 Å². The number of carbonyl (C=O) groups is 1. The molecule has 1 aliphatic heterocycles. The number of morpholine rings is 1. The molecule has 1 aliphatic rings. The van der Waals surface area contributed by atoms with Crippen LogP contribution in [0.2, 0.25) is 0 Å².